The summed E-state index contributed by atoms with van der Waals surface area (Å²) in [5, 5.41) is 11.1. The molecule has 3 fully saturated rings. The van der Waals surface area contributed by atoms with Gasteiger partial charge in [0, 0.05) is 50.8 Å². The normalized spacial score (nSPS) is 23.9. The van der Waals surface area contributed by atoms with Crippen molar-refractivity contribution in [2.45, 2.75) is 37.9 Å². The summed E-state index contributed by atoms with van der Waals surface area (Å²) >= 11 is 1.59. The van der Waals surface area contributed by atoms with Crippen LogP contribution < -0.4 is 0 Å². The fourth-order valence-corrected chi connectivity index (χ4v) is 5.77. The Morgan fingerprint density at radius 1 is 1.27 bits per heavy atom. The lowest BCUT2D eigenvalue weighted by molar-refractivity contribution is -0.192. The summed E-state index contributed by atoms with van der Waals surface area (Å²) in [6.45, 7) is 6.57. The number of thiophene rings is 1. The Morgan fingerprint density at radius 3 is 2.42 bits per heavy atom. The van der Waals surface area contributed by atoms with Crippen molar-refractivity contribution in [1.82, 2.24) is 9.80 Å². The predicted octanol–water partition coefficient (Wildman–Crippen LogP) is 3.36. The second-order valence-electron chi connectivity index (χ2n) is 8.89. The quantitative estimate of drug-likeness (QED) is 0.695. The van der Waals surface area contributed by atoms with Crippen LogP contribution in [0.1, 0.15) is 36.0 Å². The van der Waals surface area contributed by atoms with Gasteiger partial charge in [0.1, 0.15) is 0 Å². The van der Waals surface area contributed by atoms with Gasteiger partial charge < -0.3 is 24.4 Å². The van der Waals surface area contributed by atoms with E-state index >= 15 is 0 Å². The van der Waals surface area contributed by atoms with E-state index in [4.69, 9.17) is 19.4 Å². The zero-order valence-corrected chi connectivity index (χ0v) is 19.5. The van der Waals surface area contributed by atoms with E-state index in [2.05, 4.69) is 9.80 Å². The highest BCUT2D eigenvalue weighted by molar-refractivity contribution is 7.08. The van der Waals surface area contributed by atoms with Crippen molar-refractivity contribution >= 4 is 23.2 Å². The summed E-state index contributed by atoms with van der Waals surface area (Å²) in [4.78, 5) is 26.5. The van der Waals surface area contributed by atoms with Crippen molar-refractivity contribution in [2.75, 3.05) is 53.1 Å². The van der Waals surface area contributed by atoms with Crippen LogP contribution in [0.3, 0.4) is 0 Å². The van der Waals surface area contributed by atoms with Crippen LogP contribution >= 0.6 is 11.3 Å². The number of carboxylic acids is 1. The van der Waals surface area contributed by atoms with Crippen LogP contribution in [-0.4, -0.2) is 92.1 Å². The van der Waals surface area contributed by atoms with Gasteiger partial charge in [0.15, 0.2) is 0 Å². The molecule has 33 heavy (non-hydrogen) atoms. The van der Waals surface area contributed by atoms with Gasteiger partial charge in [-0.3, -0.25) is 4.79 Å². The van der Waals surface area contributed by atoms with Crippen LogP contribution in [0.15, 0.2) is 16.8 Å². The summed E-state index contributed by atoms with van der Waals surface area (Å²) in [6, 6.07) is 2.63. The number of nitrogens with zero attached hydrogens (tertiary/aromatic N) is 2. The first-order valence-electron chi connectivity index (χ1n) is 11.1. The van der Waals surface area contributed by atoms with Crippen molar-refractivity contribution in [3.63, 3.8) is 0 Å². The number of likely N-dealkylation sites (tertiary alicyclic amines) is 2. The average Bonchev–Trinajstić information content (AvgIpc) is 3.44. The second-order valence-corrected chi connectivity index (χ2v) is 9.67. The second kappa shape index (κ2) is 11.2. The molecule has 186 valence electrons. The molecule has 0 bridgehead atoms. The van der Waals surface area contributed by atoms with Crippen molar-refractivity contribution in [3.05, 3.63) is 22.4 Å². The Bertz CT molecular complexity index is 775. The topological polar surface area (TPSA) is 79.3 Å². The fourth-order valence-electron chi connectivity index (χ4n) is 5.14. The minimum Gasteiger partial charge on any atom is -0.475 e. The molecule has 11 heteroatoms. The number of rotatable bonds is 4. The molecular formula is C22H31F3N2O5S. The van der Waals surface area contributed by atoms with E-state index in [1.807, 2.05) is 16.8 Å². The van der Waals surface area contributed by atoms with E-state index in [0.29, 0.717) is 12.0 Å². The number of methoxy groups -OCH3 is 1. The Hall–Kier alpha value is -1.69. The standard InChI is InChI=1S/C20H30N2O3S.C2HF3O2/c1-24-13-17-12-22(19(23)16-4-11-26-14-16)15-20(17)5-7-21(8-6-20)18-2-9-25-10-3-18;3-2(4,5)1(6)7/h4,11,14,17-18H,2-3,5-10,12-13,15H2,1H3;(H,6,7). The number of carbonyl (C=O) groups excluding carboxylic acids is 1. The molecule has 0 aromatic carbocycles. The number of carbonyl (C=O) groups is 2. The Balaban J connectivity index is 0.000000383. The third-order valence-corrected chi connectivity index (χ3v) is 7.66. The fraction of sp³-hybridized carbons (Fsp3) is 0.727. The summed E-state index contributed by atoms with van der Waals surface area (Å²) in [6.07, 6.45) is -0.411. The number of carboxylic acid groups (broad SMARTS) is 1. The highest BCUT2D eigenvalue weighted by Gasteiger charge is 2.49. The summed E-state index contributed by atoms with van der Waals surface area (Å²) in [5.74, 6) is -2.12. The number of alkyl halides is 3. The molecule has 0 radical (unpaired) electrons. The number of hydrogen-bond donors (Lipinski definition) is 1. The highest BCUT2D eigenvalue weighted by atomic mass is 32.1. The SMILES string of the molecule is COCC1CN(C(=O)c2ccsc2)CC12CCN(C1CCOCC1)CC2.O=C(O)C(F)(F)F. The molecule has 1 atom stereocenters. The van der Waals surface area contributed by atoms with Gasteiger partial charge in [0.2, 0.25) is 0 Å². The van der Waals surface area contributed by atoms with Crippen LogP contribution in [0.2, 0.25) is 0 Å². The molecular weight excluding hydrogens is 461 g/mol. The van der Waals surface area contributed by atoms with Gasteiger partial charge in [-0.25, -0.2) is 4.79 Å². The molecule has 1 aromatic heterocycles. The maximum Gasteiger partial charge on any atom is 0.490 e. The molecule has 4 rings (SSSR count). The number of amides is 1. The monoisotopic (exact) mass is 492 g/mol. The minimum atomic E-state index is -5.08. The van der Waals surface area contributed by atoms with Crippen LogP contribution in [0.25, 0.3) is 0 Å². The lowest BCUT2D eigenvalue weighted by atomic mass is 9.71. The number of hydrogen-bond acceptors (Lipinski definition) is 6. The summed E-state index contributed by atoms with van der Waals surface area (Å²) in [5.41, 5.74) is 1.06. The molecule has 0 saturated carbocycles. The van der Waals surface area contributed by atoms with E-state index in [9.17, 15) is 18.0 Å². The molecule has 1 unspecified atom stereocenters. The van der Waals surface area contributed by atoms with Gasteiger partial charge in [-0.15, -0.1) is 0 Å². The van der Waals surface area contributed by atoms with Gasteiger partial charge in [0.05, 0.1) is 12.2 Å². The third-order valence-electron chi connectivity index (χ3n) is 6.98. The van der Waals surface area contributed by atoms with E-state index in [1.54, 1.807) is 18.4 Å². The Kier molecular flexibility index (Phi) is 8.76. The van der Waals surface area contributed by atoms with Crippen LogP contribution in [0, 0.1) is 11.3 Å². The molecule has 3 saturated heterocycles. The molecule has 1 aromatic rings. The Labute approximate surface area is 195 Å². The lowest BCUT2D eigenvalue weighted by Gasteiger charge is -2.45. The molecule has 1 spiro atoms. The van der Waals surface area contributed by atoms with Crippen LogP contribution in [0.4, 0.5) is 13.2 Å². The van der Waals surface area contributed by atoms with E-state index in [0.717, 1.165) is 64.4 Å². The minimum absolute atomic E-state index is 0.191. The molecule has 1 amide bonds. The molecule has 0 aliphatic carbocycles. The number of piperidine rings is 1. The molecule has 7 nitrogen and oxygen atoms in total. The molecule has 3 aliphatic heterocycles. The van der Waals surface area contributed by atoms with Crippen LogP contribution in [-0.2, 0) is 14.3 Å². The highest BCUT2D eigenvalue weighted by Crippen LogP contribution is 2.46. The smallest absolute Gasteiger partial charge is 0.475 e. The summed E-state index contributed by atoms with van der Waals surface area (Å²) < 4.78 is 42.8. The van der Waals surface area contributed by atoms with Crippen molar-refractivity contribution < 1.29 is 37.3 Å². The van der Waals surface area contributed by atoms with Gasteiger partial charge in [-0.2, -0.15) is 24.5 Å². The first kappa shape index (κ1) is 25.9. The van der Waals surface area contributed by atoms with Gasteiger partial charge in [-0.05, 0) is 55.6 Å². The van der Waals surface area contributed by atoms with Gasteiger partial charge >= 0.3 is 12.1 Å². The first-order chi connectivity index (χ1) is 15.7. The number of aliphatic carboxylic acids is 1. The van der Waals surface area contributed by atoms with E-state index < -0.39 is 12.1 Å². The van der Waals surface area contributed by atoms with Crippen molar-refractivity contribution in [1.29, 1.82) is 0 Å². The van der Waals surface area contributed by atoms with Crippen molar-refractivity contribution in [2.24, 2.45) is 11.3 Å². The van der Waals surface area contributed by atoms with Crippen molar-refractivity contribution in [3.8, 4) is 0 Å². The largest absolute Gasteiger partial charge is 0.490 e. The molecule has 4 heterocycles. The third kappa shape index (κ3) is 6.46. The number of ether oxygens (including phenoxy) is 2. The predicted molar refractivity (Wildman–Crippen MR) is 116 cm³/mol. The van der Waals surface area contributed by atoms with E-state index in [1.165, 1.54) is 12.8 Å². The van der Waals surface area contributed by atoms with E-state index in [-0.39, 0.29) is 11.3 Å². The zero-order valence-electron chi connectivity index (χ0n) is 18.7. The maximum absolute atomic E-state index is 12.9. The van der Waals surface area contributed by atoms with Crippen LogP contribution in [0.5, 0.6) is 0 Å². The molecule has 1 N–H and O–H groups in total. The average molecular weight is 493 g/mol. The number of halogens is 3. The molecule has 3 aliphatic rings. The summed E-state index contributed by atoms with van der Waals surface area (Å²) in [7, 11) is 1.79. The first-order valence-corrected chi connectivity index (χ1v) is 12.0. The lowest BCUT2D eigenvalue weighted by Crippen LogP contribution is -2.50. The maximum atomic E-state index is 12.9. The zero-order chi connectivity index (χ0) is 24.1. The van der Waals surface area contributed by atoms with Gasteiger partial charge in [-0.1, -0.05) is 0 Å². The Morgan fingerprint density at radius 2 is 1.91 bits per heavy atom. The van der Waals surface area contributed by atoms with Gasteiger partial charge in [0.25, 0.3) is 5.91 Å².